The summed E-state index contributed by atoms with van der Waals surface area (Å²) in [5, 5.41) is 8.83. The minimum absolute atomic E-state index is 0.0195. The molecule has 0 amide bonds. The van der Waals surface area contributed by atoms with Crippen LogP contribution in [-0.4, -0.2) is 19.4 Å². The quantitative estimate of drug-likeness (QED) is 0.807. The van der Waals surface area contributed by atoms with E-state index in [0.717, 1.165) is 0 Å². The van der Waals surface area contributed by atoms with Crippen LogP contribution in [0.1, 0.15) is 31.1 Å². The minimum atomic E-state index is -2.09. The molecule has 0 fully saturated rings. The van der Waals surface area contributed by atoms with E-state index >= 15 is 0 Å². The van der Waals surface area contributed by atoms with Gasteiger partial charge in [0.1, 0.15) is 5.75 Å². The molecule has 0 aliphatic rings. The summed E-state index contributed by atoms with van der Waals surface area (Å²) < 4.78 is 19.9. The number of rotatable bonds is 3. The lowest BCUT2D eigenvalue weighted by atomic mass is 10.2. The third-order valence-corrected chi connectivity index (χ3v) is 8.53. The molecule has 0 radical (unpaired) electrons. The maximum atomic E-state index is 13.9. The molecule has 0 saturated carbocycles. The molecule has 0 aromatic heterocycles. The molecular weight excluding hydrogens is 331 g/mol. The Morgan fingerprint density at radius 1 is 1.37 bits per heavy atom. The molecule has 0 atom stereocenters. The summed E-state index contributed by atoms with van der Waals surface area (Å²) in [7, 11) is -2.09. The van der Waals surface area contributed by atoms with Gasteiger partial charge in [-0.1, -0.05) is 20.8 Å². The largest absolute Gasteiger partial charge is 0.543 e. The number of carboxylic acid groups (broad SMARTS) is 1. The Morgan fingerprint density at radius 2 is 1.89 bits per heavy atom. The SMILES string of the molecule is CC(C)(C)[Si](C)(C)Oc1ccc(C(=O)O)c(F)c1Br. The van der Waals surface area contributed by atoms with E-state index in [4.69, 9.17) is 9.53 Å². The number of benzene rings is 1. The zero-order valence-corrected chi connectivity index (χ0v) is 14.3. The molecule has 0 aliphatic heterocycles. The second-order valence-corrected chi connectivity index (χ2v) is 11.4. The van der Waals surface area contributed by atoms with Gasteiger partial charge in [-0.2, -0.15) is 0 Å². The zero-order chi connectivity index (χ0) is 15.0. The van der Waals surface area contributed by atoms with E-state index in [1.807, 2.05) is 13.1 Å². The van der Waals surface area contributed by atoms with Crippen molar-refractivity contribution in [1.82, 2.24) is 0 Å². The molecule has 0 bridgehead atoms. The van der Waals surface area contributed by atoms with Crippen molar-refractivity contribution in [3.8, 4) is 5.75 Å². The van der Waals surface area contributed by atoms with Gasteiger partial charge in [0.15, 0.2) is 5.82 Å². The Kier molecular flexibility index (Phi) is 4.46. The lowest BCUT2D eigenvalue weighted by molar-refractivity contribution is 0.0691. The van der Waals surface area contributed by atoms with Gasteiger partial charge in [0.2, 0.25) is 0 Å². The van der Waals surface area contributed by atoms with Crippen LogP contribution in [0.3, 0.4) is 0 Å². The molecule has 0 unspecified atom stereocenters. The van der Waals surface area contributed by atoms with Gasteiger partial charge >= 0.3 is 5.97 Å². The van der Waals surface area contributed by atoms with E-state index in [1.165, 1.54) is 12.1 Å². The summed E-state index contributed by atoms with van der Waals surface area (Å²) in [4.78, 5) is 10.8. The Labute approximate surface area is 122 Å². The van der Waals surface area contributed by atoms with Crippen molar-refractivity contribution in [1.29, 1.82) is 0 Å². The predicted octanol–water partition coefficient (Wildman–Crippen LogP) is 4.67. The van der Waals surface area contributed by atoms with Gasteiger partial charge < -0.3 is 9.53 Å². The molecular formula is C13H18BrFO3Si. The van der Waals surface area contributed by atoms with Crippen LogP contribution in [0.15, 0.2) is 16.6 Å². The highest BCUT2D eigenvalue weighted by molar-refractivity contribution is 9.10. The maximum absolute atomic E-state index is 13.9. The summed E-state index contributed by atoms with van der Waals surface area (Å²) in [6.45, 7) is 10.3. The molecule has 1 aromatic carbocycles. The monoisotopic (exact) mass is 348 g/mol. The molecule has 0 heterocycles. The topological polar surface area (TPSA) is 46.5 Å². The van der Waals surface area contributed by atoms with Crippen molar-refractivity contribution in [3.05, 3.63) is 28.0 Å². The third kappa shape index (κ3) is 3.36. The highest BCUT2D eigenvalue weighted by Crippen LogP contribution is 2.40. The van der Waals surface area contributed by atoms with Gasteiger partial charge in [-0.3, -0.25) is 0 Å². The minimum Gasteiger partial charge on any atom is -0.543 e. The van der Waals surface area contributed by atoms with Crippen molar-refractivity contribution in [3.63, 3.8) is 0 Å². The molecule has 1 aromatic rings. The highest BCUT2D eigenvalue weighted by Gasteiger charge is 2.39. The van der Waals surface area contributed by atoms with E-state index in [9.17, 15) is 9.18 Å². The van der Waals surface area contributed by atoms with Gasteiger partial charge in [0, 0.05) is 0 Å². The molecule has 1 N–H and O–H groups in total. The van der Waals surface area contributed by atoms with E-state index in [1.54, 1.807) is 0 Å². The number of halogens is 2. The van der Waals surface area contributed by atoms with Crippen molar-refractivity contribution < 1.29 is 18.7 Å². The fourth-order valence-corrected chi connectivity index (χ4v) is 2.81. The Balaban J connectivity index is 3.19. The fraction of sp³-hybridized carbons (Fsp3) is 0.462. The first-order valence-corrected chi connectivity index (χ1v) is 9.58. The van der Waals surface area contributed by atoms with E-state index in [-0.39, 0.29) is 15.1 Å². The van der Waals surface area contributed by atoms with E-state index in [2.05, 4.69) is 36.7 Å². The average molecular weight is 349 g/mol. The van der Waals surface area contributed by atoms with Crippen LogP contribution in [-0.2, 0) is 0 Å². The number of hydrogen-bond acceptors (Lipinski definition) is 2. The Hall–Kier alpha value is -0.883. The number of carbonyl (C=O) groups is 1. The van der Waals surface area contributed by atoms with Crippen LogP contribution in [0.25, 0.3) is 0 Å². The van der Waals surface area contributed by atoms with Gasteiger partial charge in [-0.15, -0.1) is 0 Å². The van der Waals surface area contributed by atoms with Crippen molar-refractivity contribution in [2.75, 3.05) is 0 Å². The normalized spacial score (nSPS) is 12.4. The number of hydrogen-bond donors (Lipinski definition) is 1. The molecule has 106 valence electrons. The highest BCUT2D eigenvalue weighted by atomic mass is 79.9. The lowest BCUT2D eigenvalue weighted by Gasteiger charge is -2.36. The first-order valence-electron chi connectivity index (χ1n) is 5.87. The van der Waals surface area contributed by atoms with Crippen LogP contribution in [0, 0.1) is 5.82 Å². The van der Waals surface area contributed by atoms with Crippen LogP contribution in [0.2, 0.25) is 18.1 Å². The zero-order valence-electron chi connectivity index (χ0n) is 11.7. The molecule has 19 heavy (non-hydrogen) atoms. The second-order valence-electron chi connectivity index (χ2n) is 5.91. The molecule has 0 saturated heterocycles. The average Bonchev–Trinajstić information content (AvgIpc) is 2.22. The number of carboxylic acids is 1. The predicted molar refractivity (Wildman–Crippen MR) is 78.9 cm³/mol. The van der Waals surface area contributed by atoms with Gasteiger partial charge in [-0.05, 0) is 46.2 Å². The van der Waals surface area contributed by atoms with Crippen LogP contribution in [0.4, 0.5) is 4.39 Å². The Bertz CT molecular complexity index is 509. The van der Waals surface area contributed by atoms with Gasteiger partial charge in [-0.25, -0.2) is 9.18 Å². The second kappa shape index (κ2) is 5.24. The van der Waals surface area contributed by atoms with Crippen LogP contribution >= 0.6 is 15.9 Å². The van der Waals surface area contributed by atoms with Crippen molar-refractivity contribution in [2.24, 2.45) is 0 Å². The Morgan fingerprint density at radius 3 is 2.32 bits per heavy atom. The maximum Gasteiger partial charge on any atom is 0.338 e. The fourth-order valence-electron chi connectivity index (χ4n) is 1.20. The smallest absolute Gasteiger partial charge is 0.338 e. The van der Waals surface area contributed by atoms with E-state index in [0.29, 0.717) is 5.75 Å². The summed E-state index contributed by atoms with van der Waals surface area (Å²) in [5.41, 5.74) is -0.366. The van der Waals surface area contributed by atoms with E-state index < -0.39 is 20.1 Å². The van der Waals surface area contributed by atoms with Crippen molar-refractivity contribution in [2.45, 2.75) is 38.9 Å². The first kappa shape index (κ1) is 16.2. The van der Waals surface area contributed by atoms with Crippen LogP contribution < -0.4 is 4.43 Å². The molecule has 1 rings (SSSR count). The van der Waals surface area contributed by atoms with Crippen molar-refractivity contribution >= 4 is 30.2 Å². The summed E-state index contributed by atoms with van der Waals surface area (Å²) in [5.74, 6) is -1.74. The van der Waals surface area contributed by atoms with Crippen LogP contribution in [0.5, 0.6) is 5.75 Å². The third-order valence-electron chi connectivity index (χ3n) is 3.45. The molecule has 3 nitrogen and oxygen atoms in total. The summed E-state index contributed by atoms with van der Waals surface area (Å²) >= 11 is 3.08. The summed E-state index contributed by atoms with van der Waals surface area (Å²) in [6, 6.07) is 2.72. The van der Waals surface area contributed by atoms with Gasteiger partial charge in [0.25, 0.3) is 8.32 Å². The standard InChI is InChI=1S/C13H18BrFO3Si/c1-13(2,3)19(4,5)18-9-7-6-8(12(16)17)11(15)10(9)14/h6-7H,1-5H3,(H,16,17). The summed E-state index contributed by atoms with van der Waals surface area (Å²) in [6.07, 6.45) is 0. The molecule has 0 spiro atoms. The molecule has 0 aliphatic carbocycles. The van der Waals surface area contributed by atoms with Gasteiger partial charge in [0.05, 0.1) is 10.0 Å². The first-order chi connectivity index (χ1) is 8.47. The molecule has 6 heteroatoms. The lowest BCUT2D eigenvalue weighted by Crippen LogP contribution is -2.44. The number of aromatic carboxylic acids is 1.